The van der Waals surface area contributed by atoms with Gasteiger partial charge in [-0.05, 0) is 35.4 Å². The van der Waals surface area contributed by atoms with Gasteiger partial charge in [0.25, 0.3) is 5.91 Å². The minimum Gasteiger partial charge on any atom is -0.872 e. The average molecular weight is 440 g/mol. The van der Waals surface area contributed by atoms with Gasteiger partial charge in [0.05, 0.1) is 54.6 Å². The Morgan fingerprint density at radius 3 is 2.19 bits per heavy atom. The number of hydrogen-bond acceptors (Lipinski definition) is 6. The van der Waals surface area contributed by atoms with Crippen LogP contribution in [-0.4, -0.2) is 65.1 Å². The summed E-state index contributed by atoms with van der Waals surface area (Å²) in [7, 11) is 8.45. The number of nitrogens with one attached hydrogen (secondary N) is 1. The Kier molecular flexibility index (Phi) is 7.05. The monoisotopic (exact) mass is 440 g/mol. The van der Waals surface area contributed by atoms with Gasteiger partial charge in [-0.15, -0.1) is 0 Å². The molecule has 3 rings (SSSR count). The number of likely N-dealkylation sites (tertiary alicyclic amines) is 1. The number of methoxy groups -OCH3 is 3. The number of benzene rings is 2. The van der Waals surface area contributed by atoms with Gasteiger partial charge in [-0.1, -0.05) is 24.0 Å². The summed E-state index contributed by atoms with van der Waals surface area (Å²) in [6.45, 7) is 0.968. The highest BCUT2D eigenvalue weighted by Gasteiger charge is 2.44. The molecule has 2 aromatic rings. The largest absolute Gasteiger partial charge is 0.872 e. The molecule has 0 bridgehead atoms. The van der Waals surface area contributed by atoms with Crippen LogP contribution in [0.3, 0.4) is 0 Å². The molecular weight excluding hydrogens is 412 g/mol. The topological polar surface area (TPSA) is 92.6 Å². The fourth-order valence-corrected chi connectivity index (χ4v) is 3.71. The van der Waals surface area contributed by atoms with E-state index >= 15 is 0 Å². The van der Waals surface area contributed by atoms with Gasteiger partial charge < -0.3 is 29.1 Å². The molecule has 0 aliphatic carbocycles. The van der Waals surface area contributed by atoms with Crippen LogP contribution in [0.1, 0.15) is 17.2 Å². The van der Waals surface area contributed by atoms with Crippen LogP contribution in [0.25, 0.3) is 5.76 Å². The minimum absolute atomic E-state index is 0.0684. The van der Waals surface area contributed by atoms with Gasteiger partial charge in [-0.3, -0.25) is 9.59 Å². The number of Topliss-reactive ketones (excluding diaryl/α,β-unsaturated/α-hetero) is 1. The Hall–Kier alpha value is -3.52. The number of ether oxygens (including phenoxy) is 3. The van der Waals surface area contributed by atoms with Gasteiger partial charge in [-0.2, -0.15) is 0 Å². The van der Waals surface area contributed by atoms with Crippen molar-refractivity contribution in [1.29, 1.82) is 0 Å². The van der Waals surface area contributed by atoms with Crippen LogP contribution >= 0.6 is 0 Å². The number of rotatable bonds is 8. The van der Waals surface area contributed by atoms with Gasteiger partial charge in [0.2, 0.25) is 5.78 Å². The first-order valence-electron chi connectivity index (χ1n) is 10.2. The first-order chi connectivity index (χ1) is 15.3. The van der Waals surface area contributed by atoms with Crippen molar-refractivity contribution in [1.82, 2.24) is 4.90 Å². The standard InChI is InChI=1S/C24H28N2O6/c1-25(2)12-13-26-21(15-6-9-17(30-3)10-7-15)20(23(28)24(26)29)22(27)16-8-11-18(31-4)19(14-16)32-5/h6-11,14,21,27H,12-13H2,1-5H3/b22-20+. The Morgan fingerprint density at radius 2 is 1.62 bits per heavy atom. The maximum atomic E-state index is 13.5. The van der Waals surface area contributed by atoms with Gasteiger partial charge >= 0.3 is 0 Å². The van der Waals surface area contributed by atoms with Crippen molar-refractivity contribution in [2.45, 2.75) is 6.04 Å². The molecular formula is C24H28N2O6. The summed E-state index contributed by atoms with van der Waals surface area (Å²) in [4.78, 5) is 28.5. The lowest BCUT2D eigenvalue weighted by Gasteiger charge is -2.28. The zero-order valence-corrected chi connectivity index (χ0v) is 18.9. The molecule has 0 radical (unpaired) electrons. The van der Waals surface area contributed by atoms with Gasteiger partial charge in [0.15, 0.2) is 11.5 Å². The molecule has 1 N–H and O–H groups in total. The number of hydrogen-bond donors (Lipinski definition) is 1. The molecule has 0 aromatic heterocycles. The van der Waals surface area contributed by atoms with E-state index in [2.05, 4.69) is 0 Å². The summed E-state index contributed by atoms with van der Waals surface area (Å²) in [6.07, 6.45) is 0. The number of nitrogens with zero attached hydrogens (tertiary/aromatic N) is 1. The van der Waals surface area contributed by atoms with Crippen LogP contribution in [0.5, 0.6) is 17.2 Å². The molecule has 1 saturated heterocycles. The van der Waals surface area contributed by atoms with Gasteiger partial charge in [-0.25, -0.2) is 0 Å². The number of carbonyl (C=O) groups excluding carboxylic acids is 2. The number of ketones is 1. The van der Waals surface area contributed by atoms with Crippen LogP contribution in [0.2, 0.25) is 0 Å². The number of carbonyl (C=O) groups is 2. The SMILES string of the molecule is COc1ccc(C2/C(=C(\[O-])c3ccc(OC)c(OC)c3)C(=O)C(=O)N2CC[NH+](C)C)cc1. The van der Waals surface area contributed by atoms with E-state index in [-0.39, 0.29) is 11.1 Å². The zero-order chi connectivity index (χ0) is 23.4. The molecule has 8 nitrogen and oxygen atoms in total. The van der Waals surface area contributed by atoms with Crippen LogP contribution in [0.15, 0.2) is 48.0 Å². The molecule has 1 amide bonds. The Balaban J connectivity index is 2.15. The summed E-state index contributed by atoms with van der Waals surface area (Å²) < 4.78 is 15.7. The van der Waals surface area contributed by atoms with Crippen LogP contribution < -0.4 is 24.2 Å². The van der Waals surface area contributed by atoms with E-state index in [1.54, 1.807) is 43.5 Å². The van der Waals surface area contributed by atoms with Crippen LogP contribution in [-0.2, 0) is 9.59 Å². The molecule has 1 fully saturated rings. The van der Waals surface area contributed by atoms with E-state index in [1.807, 2.05) is 14.1 Å². The van der Waals surface area contributed by atoms with E-state index in [0.717, 1.165) is 4.90 Å². The van der Waals surface area contributed by atoms with E-state index in [4.69, 9.17) is 14.2 Å². The second-order valence-corrected chi connectivity index (χ2v) is 7.77. The summed E-state index contributed by atoms with van der Waals surface area (Å²) in [5, 5.41) is 13.5. The molecule has 170 valence electrons. The molecule has 2 aromatic carbocycles. The summed E-state index contributed by atoms with van der Waals surface area (Å²) in [5.41, 5.74) is 0.848. The first kappa shape index (κ1) is 23.1. The lowest BCUT2D eigenvalue weighted by molar-refractivity contribution is -0.857. The maximum absolute atomic E-state index is 13.5. The number of amides is 1. The second kappa shape index (κ2) is 9.74. The number of likely N-dealkylation sites (N-methyl/N-ethyl adjacent to an activating group) is 1. The quantitative estimate of drug-likeness (QED) is 0.355. The van der Waals surface area contributed by atoms with E-state index in [0.29, 0.717) is 35.9 Å². The predicted molar refractivity (Wildman–Crippen MR) is 117 cm³/mol. The lowest BCUT2D eigenvalue weighted by Crippen LogP contribution is -3.06. The van der Waals surface area contributed by atoms with Crippen LogP contribution in [0, 0.1) is 0 Å². The Labute approximate surface area is 187 Å². The second-order valence-electron chi connectivity index (χ2n) is 7.77. The highest BCUT2D eigenvalue weighted by Crippen LogP contribution is 2.40. The fourth-order valence-electron chi connectivity index (χ4n) is 3.71. The summed E-state index contributed by atoms with van der Waals surface area (Å²) >= 11 is 0. The molecule has 1 unspecified atom stereocenters. The van der Waals surface area contributed by atoms with Crippen molar-refractivity contribution in [3.8, 4) is 17.2 Å². The fraction of sp³-hybridized carbons (Fsp3) is 0.333. The van der Waals surface area contributed by atoms with Crippen molar-refractivity contribution in [3.63, 3.8) is 0 Å². The first-order valence-corrected chi connectivity index (χ1v) is 10.2. The summed E-state index contributed by atoms with van der Waals surface area (Å²) in [5.74, 6) is -0.489. The molecule has 1 aliphatic heterocycles. The van der Waals surface area contributed by atoms with Crippen molar-refractivity contribution in [2.75, 3.05) is 48.5 Å². The normalized spacial score (nSPS) is 17.7. The van der Waals surface area contributed by atoms with Crippen molar-refractivity contribution >= 4 is 17.4 Å². The molecule has 1 atom stereocenters. The Bertz CT molecular complexity index is 1030. The van der Waals surface area contributed by atoms with Crippen molar-refractivity contribution in [3.05, 3.63) is 59.2 Å². The van der Waals surface area contributed by atoms with Crippen molar-refractivity contribution in [2.24, 2.45) is 0 Å². The lowest BCUT2D eigenvalue weighted by atomic mass is 9.95. The third kappa shape index (κ3) is 4.40. The molecule has 1 heterocycles. The minimum atomic E-state index is -0.778. The van der Waals surface area contributed by atoms with Gasteiger partial charge in [0.1, 0.15) is 5.75 Å². The molecule has 0 spiro atoms. The Morgan fingerprint density at radius 1 is 0.969 bits per heavy atom. The van der Waals surface area contributed by atoms with E-state index in [1.165, 1.54) is 25.2 Å². The third-order valence-electron chi connectivity index (χ3n) is 5.46. The molecule has 1 aliphatic rings. The molecule has 32 heavy (non-hydrogen) atoms. The number of quaternary nitrogens is 1. The average Bonchev–Trinajstić information content (AvgIpc) is 3.06. The molecule has 0 saturated carbocycles. The van der Waals surface area contributed by atoms with Crippen molar-refractivity contribution < 1.29 is 33.8 Å². The smallest absolute Gasteiger partial charge is 0.295 e. The van der Waals surface area contributed by atoms with Crippen LogP contribution in [0.4, 0.5) is 0 Å². The van der Waals surface area contributed by atoms with E-state index in [9.17, 15) is 14.7 Å². The van der Waals surface area contributed by atoms with Gasteiger partial charge in [0, 0.05) is 5.57 Å². The molecule has 8 heteroatoms. The third-order valence-corrected chi connectivity index (χ3v) is 5.46. The highest BCUT2D eigenvalue weighted by molar-refractivity contribution is 6.46. The zero-order valence-electron chi connectivity index (χ0n) is 18.9. The van der Waals surface area contributed by atoms with E-state index < -0.39 is 23.5 Å². The highest BCUT2D eigenvalue weighted by atomic mass is 16.5. The predicted octanol–water partition coefficient (Wildman–Crippen LogP) is 0.0809. The maximum Gasteiger partial charge on any atom is 0.295 e. The summed E-state index contributed by atoms with van der Waals surface area (Å²) in [6, 6.07) is 10.9.